The van der Waals surface area contributed by atoms with Crippen molar-refractivity contribution in [3.63, 3.8) is 0 Å². The number of phenols is 1. The summed E-state index contributed by atoms with van der Waals surface area (Å²) in [6, 6.07) is 9.19. The molecule has 2 aromatic rings. The van der Waals surface area contributed by atoms with Gasteiger partial charge in [-0.2, -0.15) is 0 Å². The van der Waals surface area contributed by atoms with E-state index in [1.165, 1.54) is 0 Å². The Balaban J connectivity index is 2.58. The van der Waals surface area contributed by atoms with Crippen LogP contribution in [-0.4, -0.2) is 5.11 Å². The van der Waals surface area contributed by atoms with E-state index in [1.807, 2.05) is 6.07 Å². The van der Waals surface area contributed by atoms with Crippen molar-refractivity contribution >= 4 is 23.2 Å². The van der Waals surface area contributed by atoms with Crippen LogP contribution in [0.4, 0.5) is 0 Å². The minimum atomic E-state index is -0.882. The first-order valence-corrected chi connectivity index (χ1v) is 7.60. The molecule has 0 spiro atoms. The van der Waals surface area contributed by atoms with Crippen molar-refractivity contribution in [1.29, 1.82) is 0 Å². The SMILES string of the molecule is CC(C)(C)c1ccc(O)c(C(N=O)c2ccc(Cl)cc2Cl)c1. The lowest BCUT2D eigenvalue weighted by molar-refractivity contribution is 0.463. The van der Waals surface area contributed by atoms with Crippen molar-refractivity contribution in [3.8, 4) is 5.75 Å². The van der Waals surface area contributed by atoms with Crippen LogP contribution in [0.15, 0.2) is 41.6 Å². The molecule has 0 aromatic heterocycles. The number of halogens is 2. The Hall–Kier alpha value is -1.58. The van der Waals surface area contributed by atoms with Gasteiger partial charge in [-0.3, -0.25) is 0 Å². The van der Waals surface area contributed by atoms with Crippen LogP contribution in [0.5, 0.6) is 5.75 Å². The molecule has 0 saturated carbocycles. The minimum absolute atomic E-state index is 0.0172. The maximum Gasteiger partial charge on any atom is 0.147 e. The number of phenolic OH excluding ortho intramolecular Hbond substituents is 1. The highest BCUT2D eigenvalue weighted by atomic mass is 35.5. The summed E-state index contributed by atoms with van der Waals surface area (Å²) in [6.45, 7) is 6.17. The van der Waals surface area contributed by atoms with E-state index in [0.717, 1.165) is 5.56 Å². The van der Waals surface area contributed by atoms with Gasteiger partial charge in [0.05, 0.1) is 0 Å². The lowest BCUT2D eigenvalue weighted by Crippen LogP contribution is -2.12. The molecule has 0 fully saturated rings. The maximum absolute atomic E-state index is 11.4. The average molecular weight is 338 g/mol. The molecule has 0 aliphatic carbocycles. The fraction of sp³-hybridized carbons (Fsp3) is 0.294. The Morgan fingerprint density at radius 1 is 1.05 bits per heavy atom. The van der Waals surface area contributed by atoms with Gasteiger partial charge in [0.25, 0.3) is 0 Å². The highest BCUT2D eigenvalue weighted by Gasteiger charge is 2.24. The summed E-state index contributed by atoms with van der Waals surface area (Å²) in [5.74, 6) is 0.0172. The fourth-order valence-corrected chi connectivity index (χ4v) is 2.76. The number of aromatic hydroxyl groups is 1. The highest BCUT2D eigenvalue weighted by Crippen LogP contribution is 2.38. The zero-order valence-electron chi connectivity index (χ0n) is 12.6. The number of benzene rings is 2. The van der Waals surface area contributed by atoms with Gasteiger partial charge in [0.15, 0.2) is 0 Å². The first-order chi connectivity index (χ1) is 10.2. The predicted molar refractivity (Wildman–Crippen MR) is 90.9 cm³/mol. The van der Waals surface area contributed by atoms with E-state index in [0.29, 0.717) is 21.2 Å². The molecule has 0 aliphatic rings. The molecular weight excluding hydrogens is 321 g/mol. The Bertz CT molecular complexity index is 708. The minimum Gasteiger partial charge on any atom is -0.508 e. The molecule has 0 bridgehead atoms. The molecule has 2 aromatic carbocycles. The molecule has 1 N–H and O–H groups in total. The molecule has 1 atom stereocenters. The average Bonchev–Trinajstić information content (AvgIpc) is 2.42. The van der Waals surface area contributed by atoms with Gasteiger partial charge in [-0.15, -0.1) is 4.91 Å². The molecule has 116 valence electrons. The van der Waals surface area contributed by atoms with Crippen molar-refractivity contribution in [2.75, 3.05) is 0 Å². The van der Waals surface area contributed by atoms with E-state index in [-0.39, 0.29) is 11.2 Å². The van der Waals surface area contributed by atoms with Crippen LogP contribution < -0.4 is 0 Å². The van der Waals surface area contributed by atoms with Crippen LogP contribution in [0, 0.1) is 4.91 Å². The molecule has 2 rings (SSSR count). The fourth-order valence-electron chi connectivity index (χ4n) is 2.24. The predicted octanol–water partition coefficient (Wildman–Crippen LogP) is 5.85. The van der Waals surface area contributed by atoms with E-state index in [1.54, 1.807) is 30.3 Å². The molecule has 0 aliphatic heterocycles. The molecule has 5 heteroatoms. The van der Waals surface area contributed by atoms with E-state index in [9.17, 15) is 10.0 Å². The van der Waals surface area contributed by atoms with Crippen molar-refractivity contribution in [2.45, 2.75) is 32.2 Å². The van der Waals surface area contributed by atoms with Crippen LogP contribution >= 0.6 is 23.2 Å². The van der Waals surface area contributed by atoms with Crippen LogP contribution in [0.1, 0.15) is 43.5 Å². The zero-order chi connectivity index (χ0) is 16.5. The number of nitroso groups, excluding NO2 is 1. The van der Waals surface area contributed by atoms with Crippen LogP contribution in [0.25, 0.3) is 0 Å². The van der Waals surface area contributed by atoms with E-state index >= 15 is 0 Å². The zero-order valence-corrected chi connectivity index (χ0v) is 14.1. The van der Waals surface area contributed by atoms with E-state index in [4.69, 9.17) is 23.2 Å². The van der Waals surface area contributed by atoms with Gasteiger partial charge in [0, 0.05) is 21.2 Å². The van der Waals surface area contributed by atoms with Crippen LogP contribution in [0.2, 0.25) is 10.0 Å². The number of rotatable bonds is 3. The van der Waals surface area contributed by atoms with Gasteiger partial charge in [0.2, 0.25) is 0 Å². The monoisotopic (exact) mass is 337 g/mol. The summed E-state index contributed by atoms with van der Waals surface area (Å²) in [5.41, 5.74) is 1.84. The second-order valence-corrected chi connectivity index (χ2v) is 7.04. The largest absolute Gasteiger partial charge is 0.508 e. The third-order valence-electron chi connectivity index (χ3n) is 3.55. The summed E-state index contributed by atoms with van der Waals surface area (Å²) < 4.78 is 0. The van der Waals surface area contributed by atoms with Gasteiger partial charge >= 0.3 is 0 Å². The summed E-state index contributed by atoms with van der Waals surface area (Å²) in [5, 5.41) is 14.1. The summed E-state index contributed by atoms with van der Waals surface area (Å²) in [6.07, 6.45) is 0. The molecule has 0 radical (unpaired) electrons. The summed E-state index contributed by atoms with van der Waals surface area (Å²) >= 11 is 12.1. The Morgan fingerprint density at radius 3 is 2.27 bits per heavy atom. The number of hydrogen-bond donors (Lipinski definition) is 1. The first kappa shape index (κ1) is 16.8. The van der Waals surface area contributed by atoms with Gasteiger partial charge in [-0.25, -0.2) is 0 Å². The normalized spacial score (nSPS) is 13.0. The topological polar surface area (TPSA) is 49.7 Å². The molecule has 0 amide bonds. The Labute approximate surface area is 139 Å². The maximum atomic E-state index is 11.4. The Kier molecular flexibility index (Phi) is 4.78. The van der Waals surface area contributed by atoms with E-state index in [2.05, 4.69) is 25.9 Å². The van der Waals surface area contributed by atoms with Crippen LogP contribution in [-0.2, 0) is 5.41 Å². The number of nitrogens with zero attached hydrogens (tertiary/aromatic N) is 1. The third-order valence-corrected chi connectivity index (χ3v) is 4.11. The van der Waals surface area contributed by atoms with Gasteiger partial charge in [-0.05, 0) is 35.2 Å². The first-order valence-electron chi connectivity index (χ1n) is 6.85. The van der Waals surface area contributed by atoms with Gasteiger partial charge in [0.1, 0.15) is 11.8 Å². The molecule has 0 heterocycles. The van der Waals surface area contributed by atoms with Gasteiger partial charge in [-0.1, -0.05) is 61.3 Å². The lowest BCUT2D eigenvalue weighted by Gasteiger charge is -2.22. The molecule has 1 unspecified atom stereocenters. The quantitative estimate of drug-likeness (QED) is 0.713. The second kappa shape index (κ2) is 6.27. The summed E-state index contributed by atoms with van der Waals surface area (Å²) in [7, 11) is 0. The summed E-state index contributed by atoms with van der Waals surface area (Å²) in [4.78, 5) is 11.4. The van der Waals surface area contributed by atoms with Crippen LogP contribution in [0.3, 0.4) is 0 Å². The molecule has 0 saturated heterocycles. The van der Waals surface area contributed by atoms with Crippen molar-refractivity contribution in [1.82, 2.24) is 0 Å². The molecular formula is C17H17Cl2NO2. The van der Waals surface area contributed by atoms with Crippen molar-refractivity contribution in [2.24, 2.45) is 5.18 Å². The lowest BCUT2D eigenvalue weighted by atomic mass is 9.84. The van der Waals surface area contributed by atoms with E-state index < -0.39 is 6.04 Å². The third kappa shape index (κ3) is 3.42. The van der Waals surface area contributed by atoms with Crippen molar-refractivity contribution in [3.05, 3.63) is 68.0 Å². The smallest absolute Gasteiger partial charge is 0.147 e. The Morgan fingerprint density at radius 2 is 1.73 bits per heavy atom. The standard InChI is InChI=1S/C17H17Cl2NO2/c1-17(2,3)10-4-7-15(21)13(8-10)16(20-22)12-6-5-11(18)9-14(12)19/h4-9,16,21H,1-3H3. The molecule has 3 nitrogen and oxygen atoms in total. The highest BCUT2D eigenvalue weighted by molar-refractivity contribution is 6.35. The second-order valence-electron chi connectivity index (χ2n) is 6.20. The van der Waals surface area contributed by atoms with Gasteiger partial charge < -0.3 is 5.11 Å². The molecule has 22 heavy (non-hydrogen) atoms. The number of hydrogen-bond acceptors (Lipinski definition) is 3. The van der Waals surface area contributed by atoms with Crippen molar-refractivity contribution < 1.29 is 5.11 Å².